The van der Waals surface area contributed by atoms with Crippen molar-refractivity contribution in [1.29, 1.82) is 0 Å². The molecule has 0 aliphatic carbocycles. The summed E-state index contributed by atoms with van der Waals surface area (Å²) >= 11 is 0. The molecule has 0 bridgehead atoms. The zero-order chi connectivity index (χ0) is 36.0. The Kier molecular flexibility index (Phi) is 15.2. The monoisotopic (exact) mass is 653 g/mol. The maximum atomic E-state index is 14.0. The first-order chi connectivity index (χ1) is 21.1. The molecule has 46 heavy (non-hydrogen) atoms. The number of hydrogen-bond donors (Lipinski definition) is 0. The molecular formula is C34H59N3O9. The molecule has 0 saturated carbocycles. The molecule has 0 aromatic heterocycles. The molecule has 1 heterocycles. The summed E-state index contributed by atoms with van der Waals surface area (Å²) < 4.78 is 17.5. The molecule has 0 spiro atoms. The lowest BCUT2D eigenvalue weighted by Crippen LogP contribution is -2.58. The first-order valence-corrected chi connectivity index (χ1v) is 16.5. The van der Waals surface area contributed by atoms with Crippen LogP contribution in [0.1, 0.15) is 89.5 Å². The quantitative estimate of drug-likeness (QED) is 0.298. The van der Waals surface area contributed by atoms with Gasteiger partial charge in [0.1, 0.15) is 18.1 Å². The average molecular weight is 654 g/mol. The molecule has 1 saturated heterocycles. The van der Waals surface area contributed by atoms with E-state index in [-0.39, 0.29) is 5.92 Å². The summed E-state index contributed by atoms with van der Waals surface area (Å²) in [6, 6.07) is -3.32. The van der Waals surface area contributed by atoms with Gasteiger partial charge < -0.3 is 28.9 Å². The van der Waals surface area contributed by atoms with E-state index in [1.54, 1.807) is 76.2 Å². The number of likely N-dealkylation sites (N-methyl/N-ethyl adjacent to an activating group) is 3. The standard InChI is InChI=1S/C34H59N3O9/c1-16-22(12)25-34(43)46-27(20(8)9)30(39)36(14)23(17(2)3)32(41)44-26(19(6)7)29(38)35(13)24(18(4)5)33(42)45-28(21(10)11)31(40)37(25)15/h17-28H,16H2,1-15H3/t22-,23+,24+,25+,26-,27-,28-/m1/s1. The Labute approximate surface area is 275 Å². The van der Waals surface area contributed by atoms with Crippen LogP contribution in [0.25, 0.3) is 0 Å². The lowest BCUT2D eigenvalue weighted by molar-refractivity contribution is -0.181. The Balaban J connectivity index is 3.97. The summed E-state index contributed by atoms with van der Waals surface area (Å²) in [4.78, 5) is 86.8. The van der Waals surface area contributed by atoms with E-state index in [0.29, 0.717) is 6.42 Å². The van der Waals surface area contributed by atoms with Crippen LogP contribution in [0.4, 0.5) is 0 Å². The lowest BCUT2D eigenvalue weighted by atomic mass is 9.95. The Morgan fingerprint density at radius 2 is 0.696 bits per heavy atom. The van der Waals surface area contributed by atoms with E-state index in [1.807, 2.05) is 6.92 Å². The molecule has 0 aromatic rings. The molecule has 264 valence electrons. The van der Waals surface area contributed by atoms with Crippen molar-refractivity contribution in [2.75, 3.05) is 21.1 Å². The first kappa shape index (κ1) is 40.8. The average Bonchev–Trinajstić information content (AvgIpc) is 2.94. The van der Waals surface area contributed by atoms with Crippen molar-refractivity contribution in [2.45, 2.75) is 126 Å². The predicted octanol–water partition coefficient (Wildman–Crippen LogP) is 3.54. The van der Waals surface area contributed by atoms with Crippen LogP contribution in [-0.4, -0.2) is 108 Å². The third-order valence-electron chi connectivity index (χ3n) is 8.74. The Bertz CT molecular complexity index is 1090. The molecule has 12 heteroatoms. The van der Waals surface area contributed by atoms with Crippen LogP contribution < -0.4 is 0 Å². The molecule has 1 fully saturated rings. The fraction of sp³-hybridized carbons (Fsp3) is 0.824. The van der Waals surface area contributed by atoms with Crippen LogP contribution >= 0.6 is 0 Å². The van der Waals surface area contributed by atoms with E-state index in [4.69, 9.17) is 14.2 Å². The highest BCUT2D eigenvalue weighted by Crippen LogP contribution is 2.25. The Morgan fingerprint density at radius 3 is 0.913 bits per heavy atom. The van der Waals surface area contributed by atoms with Crippen molar-refractivity contribution < 1.29 is 43.0 Å². The van der Waals surface area contributed by atoms with Gasteiger partial charge >= 0.3 is 17.9 Å². The molecule has 1 aliphatic rings. The molecule has 1 rings (SSSR count). The molecule has 0 unspecified atom stereocenters. The predicted molar refractivity (Wildman–Crippen MR) is 173 cm³/mol. The SMILES string of the molecule is CC[C@@H](C)[C@H]1C(=O)O[C@H](C(C)C)C(=O)N(C)[C@@H](C(C)C)C(=O)O[C@H](C(C)C)C(=O)N(C)[C@@H](C(C)C)C(=O)O[C@H](C(C)C)C(=O)N1C. The van der Waals surface area contributed by atoms with Crippen molar-refractivity contribution in [2.24, 2.45) is 35.5 Å². The number of ether oxygens (including phenoxy) is 3. The summed E-state index contributed by atoms with van der Waals surface area (Å²) in [5.41, 5.74) is 0. The number of rotatable bonds is 7. The summed E-state index contributed by atoms with van der Waals surface area (Å²) in [6.45, 7) is 20.9. The van der Waals surface area contributed by atoms with Gasteiger partial charge in [0.25, 0.3) is 17.7 Å². The topological polar surface area (TPSA) is 140 Å². The fourth-order valence-electron chi connectivity index (χ4n) is 5.76. The molecule has 0 N–H and O–H groups in total. The molecule has 12 nitrogen and oxygen atoms in total. The third-order valence-corrected chi connectivity index (χ3v) is 8.74. The van der Waals surface area contributed by atoms with Gasteiger partial charge in [0, 0.05) is 21.1 Å². The molecule has 3 amide bonds. The van der Waals surface area contributed by atoms with Crippen molar-refractivity contribution >= 4 is 35.6 Å². The van der Waals surface area contributed by atoms with Crippen molar-refractivity contribution in [3.05, 3.63) is 0 Å². The molecule has 0 aromatic carbocycles. The minimum Gasteiger partial charge on any atom is -0.450 e. The van der Waals surface area contributed by atoms with Crippen LogP contribution in [0.3, 0.4) is 0 Å². The summed E-state index contributed by atoms with van der Waals surface area (Å²) in [6.07, 6.45) is -3.33. The van der Waals surface area contributed by atoms with Gasteiger partial charge in [0.15, 0.2) is 18.3 Å². The Hall–Kier alpha value is -3.18. The molecule has 0 radical (unpaired) electrons. The maximum Gasteiger partial charge on any atom is 0.329 e. The second kappa shape index (κ2) is 17.1. The summed E-state index contributed by atoms with van der Waals surface area (Å²) in [7, 11) is 4.33. The summed E-state index contributed by atoms with van der Waals surface area (Å²) in [5, 5.41) is 0. The van der Waals surface area contributed by atoms with Gasteiger partial charge in [-0.3, -0.25) is 14.4 Å². The Morgan fingerprint density at radius 1 is 0.457 bits per heavy atom. The van der Waals surface area contributed by atoms with Crippen molar-refractivity contribution in [3.63, 3.8) is 0 Å². The van der Waals surface area contributed by atoms with E-state index in [9.17, 15) is 28.8 Å². The first-order valence-electron chi connectivity index (χ1n) is 16.5. The maximum absolute atomic E-state index is 14.0. The summed E-state index contributed by atoms with van der Waals surface area (Å²) in [5.74, 6) is -6.92. The van der Waals surface area contributed by atoms with E-state index < -0.39 is 102 Å². The van der Waals surface area contributed by atoms with E-state index in [1.165, 1.54) is 35.8 Å². The van der Waals surface area contributed by atoms with Crippen molar-refractivity contribution in [1.82, 2.24) is 14.7 Å². The van der Waals surface area contributed by atoms with Gasteiger partial charge in [-0.15, -0.1) is 0 Å². The highest BCUT2D eigenvalue weighted by Gasteiger charge is 2.45. The largest absolute Gasteiger partial charge is 0.450 e. The number of carbonyl (C=O) groups excluding carboxylic acids is 6. The van der Waals surface area contributed by atoms with Gasteiger partial charge in [0.2, 0.25) is 0 Å². The van der Waals surface area contributed by atoms with Gasteiger partial charge in [-0.1, -0.05) is 89.5 Å². The second-order valence-corrected chi connectivity index (χ2v) is 14.4. The number of hydrogen-bond acceptors (Lipinski definition) is 9. The highest BCUT2D eigenvalue weighted by atomic mass is 16.6. The van der Waals surface area contributed by atoms with Crippen LogP contribution in [-0.2, 0) is 43.0 Å². The normalized spacial score (nSPS) is 27.8. The van der Waals surface area contributed by atoms with Crippen LogP contribution in [0, 0.1) is 35.5 Å². The molecular weight excluding hydrogens is 594 g/mol. The minimum absolute atomic E-state index is 0.380. The van der Waals surface area contributed by atoms with E-state index >= 15 is 0 Å². The smallest absolute Gasteiger partial charge is 0.329 e. The number of amides is 3. The van der Waals surface area contributed by atoms with E-state index in [0.717, 1.165) is 0 Å². The van der Waals surface area contributed by atoms with Gasteiger partial charge in [-0.05, 0) is 35.5 Å². The molecule has 7 atom stereocenters. The number of carbonyl (C=O) groups is 6. The van der Waals surface area contributed by atoms with Crippen LogP contribution in [0.15, 0.2) is 0 Å². The third kappa shape index (κ3) is 9.44. The van der Waals surface area contributed by atoms with Gasteiger partial charge in [-0.25, -0.2) is 14.4 Å². The molecule has 1 aliphatic heterocycles. The lowest BCUT2D eigenvalue weighted by Gasteiger charge is -2.38. The second-order valence-electron chi connectivity index (χ2n) is 14.4. The zero-order valence-electron chi connectivity index (χ0n) is 30.7. The van der Waals surface area contributed by atoms with Crippen LogP contribution in [0.2, 0.25) is 0 Å². The van der Waals surface area contributed by atoms with Crippen LogP contribution in [0.5, 0.6) is 0 Å². The van der Waals surface area contributed by atoms with Crippen molar-refractivity contribution in [3.8, 4) is 0 Å². The highest BCUT2D eigenvalue weighted by molar-refractivity contribution is 5.94. The van der Waals surface area contributed by atoms with E-state index in [2.05, 4.69) is 0 Å². The number of nitrogens with zero attached hydrogens (tertiary/aromatic N) is 3. The number of cyclic esters (lactones) is 3. The minimum atomic E-state index is -1.28. The van der Waals surface area contributed by atoms with Gasteiger partial charge in [0.05, 0.1) is 0 Å². The number of esters is 3. The zero-order valence-corrected chi connectivity index (χ0v) is 30.7. The van der Waals surface area contributed by atoms with Gasteiger partial charge in [-0.2, -0.15) is 0 Å². The fourth-order valence-corrected chi connectivity index (χ4v) is 5.76.